The van der Waals surface area contributed by atoms with Crippen molar-refractivity contribution >= 4 is 17.9 Å². The minimum Gasteiger partial charge on any atom is -0.480 e. The molecule has 4 N–H and O–H groups in total. The van der Waals surface area contributed by atoms with Gasteiger partial charge >= 0.3 is 12.0 Å². The number of hydrogen-bond acceptors (Lipinski definition) is 4. The summed E-state index contributed by atoms with van der Waals surface area (Å²) >= 11 is 0. The van der Waals surface area contributed by atoms with E-state index in [-0.39, 0.29) is 18.9 Å². The normalized spacial score (nSPS) is 13.3. The summed E-state index contributed by atoms with van der Waals surface area (Å²) in [5, 5.41) is 15.8. The minimum absolute atomic E-state index is 0.146. The molecule has 18 heavy (non-hydrogen) atoms. The second-order valence-electron chi connectivity index (χ2n) is 3.63. The molecular formula is C10H19N3O5. The summed E-state index contributed by atoms with van der Waals surface area (Å²) in [5.74, 6) is -1.52. The first-order valence-corrected chi connectivity index (χ1v) is 5.42. The summed E-state index contributed by atoms with van der Waals surface area (Å²) in [6, 6.07) is -2.51. The van der Waals surface area contributed by atoms with Gasteiger partial charge in [0.05, 0.1) is 0 Å². The number of rotatable bonds is 7. The summed E-state index contributed by atoms with van der Waals surface area (Å²) in [4.78, 5) is 33.4. The fourth-order valence-corrected chi connectivity index (χ4v) is 1.17. The van der Waals surface area contributed by atoms with Gasteiger partial charge in [0.15, 0.2) is 0 Å². The molecule has 0 spiro atoms. The third-order valence-electron chi connectivity index (χ3n) is 2.20. The number of ether oxygens (including phenoxy) is 1. The molecule has 0 aliphatic rings. The van der Waals surface area contributed by atoms with Gasteiger partial charge in [0.25, 0.3) is 0 Å². The summed E-state index contributed by atoms with van der Waals surface area (Å²) in [6.45, 7) is 1.70. The van der Waals surface area contributed by atoms with Crippen LogP contribution in [-0.2, 0) is 14.3 Å². The van der Waals surface area contributed by atoms with E-state index in [1.807, 2.05) is 0 Å². The molecule has 8 heteroatoms. The molecule has 0 aliphatic heterocycles. The monoisotopic (exact) mass is 261 g/mol. The molecule has 0 rings (SSSR count). The average Bonchev–Trinajstić information content (AvgIpc) is 2.32. The van der Waals surface area contributed by atoms with Gasteiger partial charge in [-0.1, -0.05) is 0 Å². The number of carboxylic acids is 1. The second kappa shape index (κ2) is 8.29. The molecule has 8 nitrogen and oxygen atoms in total. The molecule has 0 aromatic heterocycles. The SMILES string of the molecule is CNC(=O)C(C)NC(=O)NC(CCOC)C(=O)O. The highest BCUT2D eigenvalue weighted by molar-refractivity contribution is 5.88. The van der Waals surface area contributed by atoms with Gasteiger partial charge in [-0.2, -0.15) is 0 Å². The van der Waals surface area contributed by atoms with Crippen molar-refractivity contribution in [1.29, 1.82) is 0 Å². The Labute approximate surface area is 105 Å². The van der Waals surface area contributed by atoms with E-state index in [2.05, 4.69) is 16.0 Å². The number of hydrogen-bond donors (Lipinski definition) is 4. The lowest BCUT2D eigenvalue weighted by Crippen LogP contribution is -2.52. The fourth-order valence-electron chi connectivity index (χ4n) is 1.17. The zero-order valence-corrected chi connectivity index (χ0v) is 10.6. The Hall–Kier alpha value is -1.83. The number of amides is 3. The number of carbonyl (C=O) groups excluding carboxylic acids is 2. The number of carbonyl (C=O) groups is 3. The van der Waals surface area contributed by atoms with Crippen LogP contribution in [-0.4, -0.2) is 55.9 Å². The Morgan fingerprint density at radius 3 is 2.33 bits per heavy atom. The van der Waals surface area contributed by atoms with E-state index in [1.54, 1.807) is 0 Å². The molecule has 0 bridgehead atoms. The average molecular weight is 261 g/mol. The summed E-state index contributed by atoms with van der Waals surface area (Å²) in [6.07, 6.45) is 0.146. The van der Waals surface area contributed by atoms with Gasteiger partial charge in [0, 0.05) is 27.2 Å². The Bertz CT molecular complexity index is 308. The molecule has 2 atom stereocenters. The number of likely N-dealkylation sites (N-methyl/N-ethyl adjacent to an activating group) is 1. The van der Waals surface area contributed by atoms with Crippen LogP contribution < -0.4 is 16.0 Å². The smallest absolute Gasteiger partial charge is 0.326 e. The van der Waals surface area contributed by atoms with Crippen LogP contribution in [0.5, 0.6) is 0 Å². The number of carboxylic acid groups (broad SMARTS) is 1. The minimum atomic E-state index is -1.16. The van der Waals surface area contributed by atoms with E-state index in [0.29, 0.717) is 0 Å². The second-order valence-corrected chi connectivity index (χ2v) is 3.63. The molecule has 0 aliphatic carbocycles. The Kier molecular flexibility index (Phi) is 7.45. The summed E-state index contributed by atoms with van der Waals surface area (Å²) in [7, 11) is 2.88. The largest absolute Gasteiger partial charge is 0.480 e. The fraction of sp³-hybridized carbons (Fsp3) is 0.700. The van der Waals surface area contributed by atoms with Gasteiger partial charge in [-0.15, -0.1) is 0 Å². The van der Waals surface area contributed by atoms with Crippen LogP contribution in [0.25, 0.3) is 0 Å². The number of methoxy groups -OCH3 is 1. The van der Waals surface area contributed by atoms with Crippen LogP contribution in [0.1, 0.15) is 13.3 Å². The van der Waals surface area contributed by atoms with Gasteiger partial charge in [-0.25, -0.2) is 9.59 Å². The van der Waals surface area contributed by atoms with E-state index in [1.165, 1.54) is 21.1 Å². The van der Waals surface area contributed by atoms with E-state index in [9.17, 15) is 14.4 Å². The maximum atomic E-state index is 11.4. The van der Waals surface area contributed by atoms with Gasteiger partial charge in [-0.3, -0.25) is 4.79 Å². The number of urea groups is 1. The van der Waals surface area contributed by atoms with Crippen LogP contribution in [0.3, 0.4) is 0 Å². The highest BCUT2D eigenvalue weighted by Gasteiger charge is 2.21. The quantitative estimate of drug-likeness (QED) is 0.464. The zero-order chi connectivity index (χ0) is 14.1. The molecule has 0 saturated carbocycles. The highest BCUT2D eigenvalue weighted by atomic mass is 16.5. The maximum Gasteiger partial charge on any atom is 0.326 e. The summed E-state index contributed by atoms with van der Waals surface area (Å²) < 4.78 is 4.74. The third-order valence-corrected chi connectivity index (χ3v) is 2.20. The van der Waals surface area contributed by atoms with Crippen molar-refractivity contribution < 1.29 is 24.2 Å². The van der Waals surface area contributed by atoms with Crippen LogP contribution in [0.4, 0.5) is 4.79 Å². The van der Waals surface area contributed by atoms with E-state index in [0.717, 1.165) is 0 Å². The Morgan fingerprint density at radius 1 is 1.28 bits per heavy atom. The van der Waals surface area contributed by atoms with Crippen molar-refractivity contribution in [3.05, 3.63) is 0 Å². The first-order chi connectivity index (χ1) is 8.42. The van der Waals surface area contributed by atoms with Crippen molar-refractivity contribution in [2.45, 2.75) is 25.4 Å². The summed E-state index contributed by atoms with van der Waals surface area (Å²) in [5.41, 5.74) is 0. The predicted molar refractivity (Wildman–Crippen MR) is 63.1 cm³/mol. The van der Waals surface area contributed by atoms with Crippen LogP contribution in [0.15, 0.2) is 0 Å². The highest BCUT2D eigenvalue weighted by Crippen LogP contribution is 1.93. The maximum absolute atomic E-state index is 11.4. The first-order valence-electron chi connectivity index (χ1n) is 5.42. The number of aliphatic carboxylic acids is 1. The molecule has 0 aromatic rings. The molecule has 0 fully saturated rings. The van der Waals surface area contributed by atoms with Crippen molar-refractivity contribution in [1.82, 2.24) is 16.0 Å². The standard InChI is InChI=1S/C10H19N3O5/c1-6(8(14)11-2)12-10(17)13-7(9(15)16)4-5-18-3/h6-7H,4-5H2,1-3H3,(H,11,14)(H,15,16)(H2,12,13,17). The predicted octanol–water partition coefficient (Wildman–Crippen LogP) is -1.09. The van der Waals surface area contributed by atoms with Crippen molar-refractivity contribution in [2.24, 2.45) is 0 Å². The molecule has 2 unspecified atom stereocenters. The third kappa shape index (κ3) is 6.04. The number of nitrogens with one attached hydrogen (secondary N) is 3. The van der Waals surface area contributed by atoms with E-state index < -0.39 is 24.1 Å². The van der Waals surface area contributed by atoms with E-state index >= 15 is 0 Å². The van der Waals surface area contributed by atoms with Gasteiger partial charge in [0.1, 0.15) is 12.1 Å². The molecule has 104 valence electrons. The van der Waals surface area contributed by atoms with Crippen molar-refractivity contribution in [3.8, 4) is 0 Å². The molecule has 0 heterocycles. The van der Waals surface area contributed by atoms with Crippen molar-refractivity contribution in [2.75, 3.05) is 20.8 Å². The van der Waals surface area contributed by atoms with Gasteiger partial charge < -0.3 is 25.8 Å². The first kappa shape index (κ1) is 16.2. The molecular weight excluding hydrogens is 242 g/mol. The van der Waals surface area contributed by atoms with Crippen molar-refractivity contribution in [3.63, 3.8) is 0 Å². The molecule has 3 amide bonds. The van der Waals surface area contributed by atoms with Crippen LogP contribution >= 0.6 is 0 Å². The van der Waals surface area contributed by atoms with E-state index in [4.69, 9.17) is 9.84 Å². The molecule has 0 radical (unpaired) electrons. The lowest BCUT2D eigenvalue weighted by molar-refractivity contribution is -0.139. The molecule has 0 aromatic carbocycles. The zero-order valence-electron chi connectivity index (χ0n) is 10.6. The lowest BCUT2D eigenvalue weighted by Gasteiger charge is -2.17. The van der Waals surface area contributed by atoms with Crippen LogP contribution in [0, 0.1) is 0 Å². The molecule has 0 saturated heterocycles. The Balaban J connectivity index is 4.25. The lowest BCUT2D eigenvalue weighted by atomic mass is 10.2. The van der Waals surface area contributed by atoms with Crippen LogP contribution in [0.2, 0.25) is 0 Å². The topological polar surface area (TPSA) is 117 Å². The Morgan fingerprint density at radius 2 is 1.89 bits per heavy atom. The van der Waals surface area contributed by atoms with Gasteiger partial charge in [-0.05, 0) is 6.92 Å². The van der Waals surface area contributed by atoms with Gasteiger partial charge in [0.2, 0.25) is 5.91 Å².